The summed E-state index contributed by atoms with van der Waals surface area (Å²) >= 11 is 0. The predicted octanol–water partition coefficient (Wildman–Crippen LogP) is 2.39. The van der Waals surface area contributed by atoms with Gasteiger partial charge in [0.2, 0.25) is 0 Å². The molecule has 6 nitrogen and oxygen atoms in total. The van der Waals surface area contributed by atoms with Crippen LogP contribution in [0.25, 0.3) is 0 Å². The Morgan fingerprint density at radius 2 is 2.19 bits per heavy atom. The highest BCUT2D eigenvalue weighted by atomic mass is 127. The maximum Gasteiger partial charge on any atom is 0.191 e. The number of aryl methyl sites for hydroxylation is 1. The number of benzene rings is 1. The van der Waals surface area contributed by atoms with E-state index in [4.69, 9.17) is 4.74 Å². The first-order chi connectivity index (χ1) is 12.6. The molecule has 1 unspecified atom stereocenters. The fourth-order valence-corrected chi connectivity index (χ4v) is 3.41. The van der Waals surface area contributed by atoms with Gasteiger partial charge in [-0.3, -0.25) is 4.99 Å². The van der Waals surface area contributed by atoms with Crippen LogP contribution in [0.15, 0.2) is 29.3 Å². The number of likely N-dealkylation sites (N-methyl/N-ethyl adjacent to an activating group) is 1. The third-order valence-corrected chi connectivity index (χ3v) is 5.10. The maximum atomic E-state index is 9.34. The molecule has 2 rings (SSSR count). The molecule has 0 amide bonds. The number of nitrogens with one attached hydrogen (secondary N) is 2. The van der Waals surface area contributed by atoms with Crippen LogP contribution in [0.5, 0.6) is 0 Å². The smallest absolute Gasteiger partial charge is 0.191 e. The summed E-state index contributed by atoms with van der Waals surface area (Å²) in [5.41, 5.74) is 2.55. The minimum atomic E-state index is 0. The number of hydrogen-bond donors (Lipinski definition) is 3. The predicted molar refractivity (Wildman–Crippen MR) is 123 cm³/mol. The molecule has 0 aliphatic carbocycles. The van der Waals surface area contributed by atoms with Crippen molar-refractivity contribution in [3.05, 3.63) is 29.8 Å². The molecule has 0 spiro atoms. The molecule has 0 aromatic heterocycles. The first kappa shape index (κ1) is 24.0. The van der Waals surface area contributed by atoms with Gasteiger partial charge in [-0.05, 0) is 44.4 Å². The second-order valence-electron chi connectivity index (χ2n) is 7.05. The van der Waals surface area contributed by atoms with Gasteiger partial charge in [0.1, 0.15) is 0 Å². The number of hydrogen-bond acceptors (Lipinski definition) is 4. The van der Waals surface area contributed by atoms with Crippen molar-refractivity contribution in [2.45, 2.75) is 26.7 Å². The summed E-state index contributed by atoms with van der Waals surface area (Å²) in [5, 5.41) is 16.1. The lowest BCUT2D eigenvalue weighted by Gasteiger charge is -2.28. The van der Waals surface area contributed by atoms with Crippen LogP contribution < -0.4 is 15.5 Å². The van der Waals surface area contributed by atoms with E-state index in [1.165, 1.54) is 11.3 Å². The van der Waals surface area contributed by atoms with E-state index in [9.17, 15) is 5.11 Å². The van der Waals surface area contributed by atoms with Crippen molar-refractivity contribution in [3.8, 4) is 0 Å². The number of aliphatic hydroxyl groups excluding tert-OH is 1. The Morgan fingerprint density at radius 3 is 2.78 bits per heavy atom. The van der Waals surface area contributed by atoms with Crippen molar-refractivity contribution in [2.75, 3.05) is 57.9 Å². The van der Waals surface area contributed by atoms with E-state index < -0.39 is 0 Å². The Hall–Kier alpha value is -1.06. The molecule has 1 heterocycles. The number of ether oxygens (including phenoxy) is 1. The molecular formula is C20H35IN4O2. The molecular weight excluding hydrogens is 455 g/mol. The van der Waals surface area contributed by atoms with Gasteiger partial charge in [0, 0.05) is 57.5 Å². The Kier molecular flexibility index (Phi) is 11.0. The first-order valence-corrected chi connectivity index (χ1v) is 9.57. The third kappa shape index (κ3) is 7.46. The van der Waals surface area contributed by atoms with Crippen LogP contribution in [0, 0.1) is 12.3 Å². The number of rotatable bonds is 9. The monoisotopic (exact) mass is 490 g/mol. The molecule has 1 saturated heterocycles. The zero-order chi connectivity index (χ0) is 18.8. The van der Waals surface area contributed by atoms with Crippen LogP contribution in [-0.4, -0.2) is 64.1 Å². The molecule has 7 heteroatoms. The molecule has 154 valence electrons. The lowest BCUT2D eigenvalue weighted by molar-refractivity contribution is 0.127. The second-order valence-corrected chi connectivity index (χ2v) is 7.05. The lowest BCUT2D eigenvalue weighted by atomic mass is 9.84. The highest BCUT2D eigenvalue weighted by molar-refractivity contribution is 14.0. The Balaban J connectivity index is 0.00000364. The molecule has 1 aromatic rings. The van der Waals surface area contributed by atoms with E-state index in [2.05, 4.69) is 58.6 Å². The maximum absolute atomic E-state index is 9.34. The number of aliphatic imine (C=N–C) groups is 1. The van der Waals surface area contributed by atoms with Crippen LogP contribution in [0.2, 0.25) is 0 Å². The van der Waals surface area contributed by atoms with Gasteiger partial charge in [0.25, 0.3) is 0 Å². The third-order valence-electron chi connectivity index (χ3n) is 5.10. The topological polar surface area (TPSA) is 69.1 Å². The summed E-state index contributed by atoms with van der Waals surface area (Å²) in [7, 11) is 1.79. The molecule has 27 heavy (non-hydrogen) atoms. The van der Waals surface area contributed by atoms with E-state index in [1.54, 1.807) is 7.05 Å². The summed E-state index contributed by atoms with van der Waals surface area (Å²) < 4.78 is 5.55. The zero-order valence-electron chi connectivity index (χ0n) is 16.8. The van der Waals surface area contributed by atoms with E-state index in [1.807, 2.05) is 0 Å². The molecule has 3 N–H and O–H groups in total. The van der Waals surface area contributed by atoms with E-state index in [-0.39, 0.29) is 36.0 Å². The number of anilines is 1. The molecule has 0 saturated carbocycles. The van der Waals surface area contributed by atoms with Crippen LogP contribution in [0.1, 0.15) is 25.3 Å². The van der Waals surface area contributed by atoms with Gasteiger partial charge in [0.15, 0.2) is 5.96 Å². The van der Waals surface area contributed by atoms with Crippen LogP contribution in [0.3, 0.4) is 0 Å². The summed E-state index contributed by atoms with van der Waals surface area (Å²) in [5.74, 6) is 0.800. The minimum absolute atomic E-state index is 0. The Bertz CT molecular complexity index is 577. The van der Waals surface area contributed by atoms with Gasteiger partial charge < -0.3 is 25.4 Å². The molecule has 1 aromatic carbocycles. The van der Waals surface area contributed by atoms with E-state index in [0.29, 0.717) is 6.61 Å². The number of halogens is 1. The van der Waals surface area contributed by atoms with Crippen LogP contribution in [0.4, 0.5) is 5.69 Å². The van der Waals surface area contributed by atoms with Crippen LogP contribution >= 0.6 is 24.0 Å². The molecule has 1 aliphatic rings. The molecule has 0 radical (unpaired) electrons. The quantitative estimate of drug-likeness (QED) is 0.282. The van der Waals surface area contributed by atoms with Crippen LogP contribution in [-0.2, 0) is 4.74 Å². The largest absolute Gasteiger partial charge is 0.396 e. The first-order valence-electron chi connectivity index (χ1n) is 9.57. The SMILES string of the molecule is CCN(CCNC(=NC)NCC1(CCO)CCOC1)c1cccc(C)c1.I. The van der Waals surface area contributed by atoms with Crippen molar-refractivity contribution >= 4 is 35.6 Å². The van der Waals surface area contributed by atoms with Crippen molar-refractivity contribution in [2.24, 2.45) is 10.4 Å². The van der Waals surface area contributed by atoms with Gasteiger partial charge in [-0.2, -0.15) is 0 Å². The average Bonchev–Trinajstić information content (AvgIpc) is 3.10. The Labute approximate surface area is 180 Å². The normalized spacial score (nSPS) is 19.5. The highest BCUT2D eigenvalue weighted by Crippen LogP contribution is 2.31. The van der Waals surface area contributed by atoms with Gasteiger partial charge in [-0.1, -0.05) is 12.1 Å². The van der Waals surface area contributed by atoms with Gasteiger partial charge in [-0.15, -0.1) is 24.0 Å². The van der Waals surface area contributed by atoms with Crippen molar-refractivity contribution in [1.29, 1.82) is 0 Å². The molecule has 0 bridgehead atoms. The fraction of sp³-hybridized carbons (Fsp3) is 0.650. The van der Waals surface area contributed by atoms with Gasteiger partial charge >= 0.3 is 0 Å². The summed E-state index contributed by atoms with van der Waals surface area (Å²) in [4.78, 5) is 6.67. The van der Waals surface area contributed by atoms with Crippen molar-refractivity contribution < 1.29 is 9.84 Å². The summed E-state index contributed by atoms with van der Waals surface area (Å²) in [6.07, 6.45) is 1.74. The van der Waals surface area contributed by atoms with E-state index >= 15 is 0 Å². The van der Waals surface area contributed by atoms with Gasteiger partial charge in [-0.25, -0.2) is 0 Å². The molecule has 1 atom stereocenters. The van der Waals surface area contributed by atoms with Crippen molar-refractivity contribution in [3.63, 3.8) is 0 Å². The van der Waals surface area contributed by atoms with E-state index in [0.717, 1.165) is 51.6 Å². The lowest BCUT2D eigenvalue weighted by Crippen LogP contribution is -2.46. The number of nitrogens with zero attached hydrogens (tertiary/aromatic N) is 2. The highest BCUT2D eigenvalue weighted by Gasteiger charge is 2.34. The summed E-state index contributed by atoms with van der Waals surface area (Å²) in [6.45, 7) is 9.42. The summed E-state index contributed by atoms with van der Waals surface area (Å²) in [6, 6.07) is 8.60. The zero-order valence-corrected chi connectivity index (χ0v) is 19.2. The standard InChI is InChI=1S/C20H34N4O2.HI/c1-4-24(18-7-5-6-17(2)14-18)11-10-22-19(21-3)23-15-20(8-12-25)9-13-26-16-20;/h5-7,14,25H,4,8-13,15-16H2,1-3H3,(H2,21,22,23);1H. The Morgan fingerprint density at radius 1 is 1.37 bits per heavy atom. The second kappa shape index (κ2) is 12.4. The number of guanidine groups is 1. The molecule has 1 aliphatic heterocycles. The average molecular weight is 490 g/mol. The molecule has 1 fully saturated rings. The fourth-order valence-electron chi connectivity index (χ4n) is 3.41. The number of aliphatic hydroxyl groups is 1. The van der Waals surface area contributed by atoms with Crippen molar-refractivity contribution in [1.82, 2.24) is 10.6 Å². The van der Waals surface area contributed by atoms with Gasteiger partial charge in [0.05, 0.1) is 6.61 Å². The minimum Gasteiger partial charge on any atom is -0.396 e.